The second-order valence-electron chi connectivity index (χ2n) is 3.73. The number of rotatable bonds is 4. The van der Waals surface area contributed by atoms with Crippen LogP contribution in [0.5, 0.6) is 0 Å². The topological polar surface area (TPSA) is 17.8 Å². The number of imidazole rings is 1. The van der Waals surface area contributed by atoms with Gasteiger partial charge < -0.3 is 4.57 Å². The minimum absolute atomic E-state index is 0.429. The Morgan fingerprint density at radius 3 is 2.67 bits per heavy atom. The molecule has 15 heavy (non-hydrogen) atoms. The molecule has 0 spiro atoms. The standard InChI is InChI=1S/C13H16N2/c1-2-6-13(15-10-9-14-11-15)12-7-4-3-5-8-12/h3-5,7-11,13H,2,6H2,1H3. The molecule has 2 nitrogen and oxygen atoms in total. The Morgan fingerprint density at radius 1 is 1.27 bits per heavy atom. The summed E-state index contributed by atoms with van der Waals surface area (Å²) in [5, 5.41) is 0. The Balaban J connectivity index is 2.28. The zero-order valence-electron chi connectivity index (χ0n) is 9.00. The van der Waals surface area contributed by atoms with Gasteiger partial charge in [0.15, 0.2) is 0 Å². The Labute approximate surface area is 90.6 Å². The van der Waals surface area contributed by atoms with Crippen LogP contribution in [0.1, 0.15) is 31.4 Å². The van der Waals surface area contributed by atoms with Crippen molar-refractivity contribution >= 4 is 0 Å². The van der Waals surface area contributed by atoms with E-state index in [1.807, 2.05) is 18.7 Å². The van der Waals surface area contributed by atoms with Crippen LogP contribution in [-0.4, -0.2) is 9.55 Å². The zero-order valence-corrected chi connectivity index (χ0v) is 9.00. The van der Waals surface area contributed by atoms with Crippen molar-refractivity contribution in [3.05, 3.63) is 54.6 Å². The number of benzene rings is 1. The van der Waals surface area contributed by atoms with E-state index in [1.54, 1.807) is 0 Å². The van der Waals surface area contributed by atoms with Gasteiger partial charge in [-0.05, 0) is 12.0 Å². The lowest BCUT2D eigenvalue weighted by Gasteiger charge is -2.17. The van der Waals surface area contributed by atoms with E-state index in [9.17, 15) is 0 Å². The summed E-state index contributed by atoms with van der Waals surface area (Å²) in [5.41, 5.74) is 1.36. The zero-order chi connectivity index (χ0) is 10.5. The van der Waals surface area contributed by atoms with Crippen LogP contribution in [0.2, 0.25) is 0 Å². The molecule has 0 bridgehead atoms. The van der Waals surface area contributed by atoms with Gasteiger partial charge in [0, 0.05) is 12.4 Å². The maximum absolute atomic E-state index is 4.11. The second-order valence-corrected chi connectivity index (χ2v) is 3.73. The van der Waals surface area contributed by atoms with E-state index >= 15 is 0 Å². The van der Waals surface area contributed by atoms with Gasteiger partial charge in [0.1, 0.15) is 0 Å². The van der Waals surface area contributed by atoms with Crippen LogP contribution in [0.3, 0.4) is 0 Å². The van der Waals surface area contributed by atoms with Crippen LogP contribution in [0.25, 0.3) is 0 Å². The number of hydrogen-bond acceptors (Lipinski definition) is 1. The van der Waals surface area contributed by atoms with E-state index in [-0.39, 0.29) is 0 Å². The maximum Gasteiger partial charge on any atom is 0.0951 e. The van der Waals surface area contributed by atoms with Gasteiger partial charge in [-0.25, -0.2) is 4.98 Å². The third kappa shape index (κ3) is 2.27. The Kier molecular flexibility index (Phi) is 3.18. The Bertz CT molecular complexity index is 378. The highest BCUT2D eigenvalue weighted by molar-refractivity contribution is 5.19. The summed E-state index contributed by atoms with van der Waals surface area (Å²) < 4.78 is 2.18. The van der Waals surface area contributed by atoms with E-state index in [2.05, 4.69) is 46.8 Å². The van der Waals surface area contributed by atoms with Crippen LogP contribution >= 0.6 is 0 Å². The molecule has 1 atom stereocenters. The molecular weight excluding hydrogens is 184 g/mol. The molecule has 0 radical (unpaired) electrons. The molecule has 2 rings (SSSR count). The van der Waals surface area contributed by atoms with E-state index in [0.29, 0.717) is 6.04 Å². The predicted molar refractivity (Wildman–Crippen MR) is 61.7 cm³/mol. The number of hydrogen-bond donors (Lipinski definition) is 0. The molecule has 1 aromatic heterocycles. The largest absolute Gasteiger partial charge is 0.330 e. The monoisotopic (exact) mass is 200 g/mol. The van der Waals surface area contributed by atoms with Crippen molar-refractivity contribution < 1.29 is 0 Å². The van der Waals surface area contributed by atoms with E-state index in [0.717, 1.165) is 6.42 Å². The van der Waals surface area contributed by atoms with Crippen molar-refractivity contribution in [1.29, 1.82) is 0 Å². The quantitative estimate of drug-likeness (QED) is 0.740. The van der Waals surface area contributed by atoms with Crippen LogP contribution in [0.15, 0.2) is 49.1 Å². The van der Waals surface area contributed by atoms with Gasteiger partial charge in [-0.3, -0.25) is 0 Å². The van der Waals surface area contributed by atoms with Gasteiger partial charge in [-0.2, -0.15) is 0 Å². The number of aromatic nitrogens is 2. The first-order valence-electron chi connectivity index (χ1n) is 5.44. The Morgan fingerprint density at radius 2 is 2.07 bits per heavy atom. The lowest BCUT2D eigenvalue weighted by atomic mass is 10.0. The van der Waals surface area contributed by atoms with Gasteiger partial charge in [0.2, 0.25) is 0 Å². The van der Waals surface area contributed by atoms with Crippen LogP contribution in [0.4, 0.5) is 0 Å². The molecule has 1 heterocycles. The molecular formula is C13H16N2. The van der Waals surface area contributed by atoms with Crippen molar-refractivity contribution in [3.8, 4) is 0 Å². The second kappa shape index (κ2) is 4.78. The van der Waals surface area contributed by atoms with Gasteiger partial charge in [0.05, 0.1) is 12.4 Å². The molecule has 1 aromatic carbocycles. The third-order valence-corrected chi connectivity index (χ3v) is 2.63. The van der Waals surface area contributed by atoms with Gasteiger partial charge in [0.25, 0.3) is 0 Å². The van der Waals surface area contributed by atoms with Crippen molar-refractivity contribution in [2.24, 2.45) is 0 Å². The molecule has 0 amide bonds. The SMILES string of the molecule is CCCC(c1ccccc1)n1ccnc1. The van der Waals surface area contributed by atoms with Crippen molar-refractivity contribution in [3.63, 3.8) is 0 Å². The van der Waals surface area contributed by atoms with Crippen molar-refractivity contribution in [2.45, 2.75) is 25.8 Å². The molecule has 0 aliphatic rings. The first-order chi connectivity index (χ1) is 7.42. The smallest absolute Gasteiger partial charge is 0.0951 e. The Hall–Kier alpha value is -1.57. The maximum atomic E-state index is 4.11. The molecule has 0 aliphatic carbocycles. The fourth-order valence-corrected chi connectivity index (χ4v) is 1.89. The highest BCUT2D eigenvalue weighted by atomic mass is 15.0. The van der Waals surface area contributed by atoms with E-state index < -0.39 is 0 Å². The summed E-state index contributed by atoms with van der Waals surface area (Å²) in [6.07, 6.45) is 8.10. The van der Waals surface area contributed by atoms with E-state index in [1.165, 1.54) is 12.0 Å². The van der Waals surface area contributed by atoms with Gasteiger partial charge >= 0.3 is 0 Å². The van der Waals surface area contributed by atoms with Crippen molar-refractivity contribution in [1.82, 2.24) is 9.55 Å². The van der Waals surface area contributed by atoms with Crippen LogP contribution in [0, 0.1) is 0 Å². The highest BCUT2D eigenvalue weighted by Crippen LogP contribution is 2.22. The predicted octanol–water partition coefficient (Wildman–Crippen LogP) is 3.27. The molecule has 0 N–H and O–H groups in total. The fraction of sp³-hybridized carbons (Fsp3) is 0.308. The lowest BCUT2D eigenvalue weighted by Crippen LogP contribution is -2.08. The average Bonchev–Trinajstić information content (AvgIpc) is 2.80. The first kappa shape index (κ1) is 9.97. The molecule has 78 valence electrons. The highest BCUT2D eigenvalue weighted by Gasteiger charge is 2.10. The lowest BCUT2D eigenvalue weighted by molar-refractivity contribution is 0.532. The number of nitrogens with zero attached hydrogens (tertiary/aromatic N) is 2. The van der Waals surface area contributed by atoms with Crippen molar-refractivity contribution in [2.75, 3.05) is 0 Å². The van der Waals surface area contributed by atoms with Gasteiger partial charge in [-0.15, -0.1) is 0 Å². The molecule has 0 fully saturated rings. The minimum atomic E-state index is 0.429. The summed E-state index contributed by atoms with van der Waals surface area (Å²) in [5.74, 6) is 0. The van der Waals surface area contributed by atoms with E-state index in [4.69, 9.17) is 0 Å². The molecule has 2 aromatic rings. The summed E-state index contributed by atoms with van der Waals surface area (Å²) in [6.45, 7) is 2.22. The van der Waals surface area contributed by atoms with Crippen LogP contribution < -0.4 is 0 Å². The summed E-state index contributed by atoms with van der Waals surface area (Å²) in [7, 11) is 0. The molecule has 0 saturated carbocycles. The average molecular weight is 200 g/mol. The summed E-state index contributed by atoms with van der Waals surface area (Å²) in [4.78, 5) is 4.11. The van der Waals surface area contributed by atoms with Crippen LogP contribution in [-0.2, 0) is 0 Å². The summed E-state index contributed by atoms with van der Waals surface area (Å²) in [6, 6.07) is 11.0. The minimum Gasteiger partial charge on any atom is -0.330 e. The normalized spacial score (nSPS) is 12.6. The third-order valence-electron chi connectivity index (χ3n) is 2.63. The molecule has 0 saturated heterocycles. The summed E-state index contributed by atoms with van der Waals surface area (Å²) >= 11 is 0. The fourth-order valence-electron chi connectivity index (χ4n) is 1.89. The molecule has 2 heteroatoms. The molecule has 1 unspecified atom stereocenters. The van der Waals surface area contributed by atoms with Gasteiger partial charge in [-0.1, -0.05) is 43.7 Å². The molecule has 0 aliphatic heterocycles. The first-order valence-corrected chi connectivity index (χ1v) is 5.44.